The summed E-state index contributed by atoms with van der Waals surface area (Å²) in [4.78, 5) is 15.5. The fourth-order valence-corrected chi connectivity index (χ4v) is 2.36. The summed E-state index contributed by atoms with van der Waals surface area (Å²) in [5, 5.41) is 18.0. The fourth-order valence-electron chi connectivity index (χ4n) is 1.80. The van der Waals surface area contributed by atoms with Crippen molar-refractivity contribution in [3.63, 3.8) is 0 Å². The first kappa shape index (κ1) is 12.3. The van der Waals surface area contributed by atoms with Crippen LogP contribution < -0.4 is 10.6 Å². The zero-order valence-corrected chi connectivity index (χ0v) is 10.4. The van der Waals surface area contributed by atoms with Gasteiger partial charge in [-0.05, 0) is 25.7 Å². The van der Waals surface area contributed by atoms with Crippen LogP contribution in [0.25, 0.3) is 0 Å². The van der Waals surface area contributed by atoms with Gasteiger partial charge in [0.1, 0.15) is 5.01 Å². The van der Waals surface area contributed by atoms with Crippen molar-refractivity contribution in [1.29, 1.82) is 0 Å². The normalized spacial score (nSPS) is 17.2. The summed E-state index contributed by atoms with van der Waals surface area (Å²) in [7, 11) is 0. The summed E-state index contributed by atoms with van der Waals surface area (Å²) in [5.41, 5.74) is -0.525. The topological polar surface area (TPSA) is 74.2 Å². The SMILES string of the molecule is O=C(NCCC1(O)CCC1)NCc1nccs1. The van der Waals surface area contributed by atoms with Crippen LogP contribution in [0.15, 0.2) is 11.6 Å². The van der Waals surface area contributed by atoms with E-state index in [0.29, 0.717) is 19.5 Å². The summed E-state index contributed by atoms with van der Waals surface area (Å²) in [6.07, 6.45) is 5.15. The Bertz CT molecular complexity index is 363. The molecule has 5 nitrogen and oxygen atoms in total. The maximum Gasteiger partial charge on any atom is 0.315 e. The maximum atomic E-state index is 11.4. The molecule has 0 spiro atoms. The second-order valence-corrected chi connectivity index (χ2v) is 5.34. The highest BCUT2D eigenvalue weighted by atomic mass is 32.1. The third-order valence-electron chi connectivity index (χ3n) is 3.04. The summed E-state index contributed by atoms with van der Waals surface area (Å²) in [6.45, 7) is 0.966. The monoisotopic (exact) mass is 255 g/mol. The Morgan fingerprint density at radius 1 is 1.53 bits per heavy atom. The number of rotatable bonds is 5. The van der Waals surface area contributed by atoms with Gasteiger partial charge in [-0.15, -0.1) is 11.3 Å². The first-order chi connectivity index (χ1) is 8.18. The molecule has 1 fully saturated rings. The molecule has 94 valence electrons. The molecule has 1 aliphatic rings. The average Bonchev–Trinajstić information content (AvgIpc) is 2.77. The van der Waals surface area contributed by atoms with Crippen LogP contribution in [-0.2, 0) is 6.54 Å². The van der Waals surface area contributed by atoms with Crippen molar-refractivity contribution in [3.8, 4) is 0 Å². The molecular weight excluding hydrogens is 238 g/mol. The number of nitrogens with one attached hydrogen (secondary N) is 2. The standard InChI is InChI=1S/C11H17N3O2S/c15-10(14-8-9-12-6-7-17-9)13-5-4-11(16)2-1-3-11/h6-7,16H,1-5,8H2,(H2,13,14,15). The third-order valence-corrected chi connectivity index (χ3v) is 3.82. The number of urea groups is 1. The summed E-state index contributed by atoms with van der Waals surface area (Å²) in [6, 6.07) is -0.205. The molecule has 17 heavy (non-hydrogen) atoms. The van der Waals surface area contributed by atoms with E-state index in [9.17, 15) is 9.90 Å². The molecular formula is C11H17N3O2S. The van der Waals surface area contributed by atoms with Gasteiger partial charge in [0.05, 0.1) is 12.1 Å². The molecule has 6 heteroatoms. The van der Waals surface area contributed by atoms with Crippen molar-refractivity contribution in [3.05, 3.63) is 16.6 Å². The van der Waals surface area contributed by atoms with Gasteiger partial charge in [-0.1, -0.05) is 0 Å². The molecule has 0 atom stereocenters. The number of hydrogen-bond donors (Lipinski definition) is 3. The third kappa shape index (κ3) is 3.67. The molecule has 3 N–H and O–H groups in total. The molecule has 1 aromatic heterocycles. The Balaban J connectivity index is 1.58. The number of hydrogen-bond acceptors (Lipinski definition) is 4. The van der Waals surface area contributed by atoms with Crippen LogP contribution >= 0.6 is 11.3 Å². The molecule has 0 aliphatic heterocycles. The van der Waals surface area contributed by atoms with Gasteiger partial charge < -0.3 is 15.7 Å². The zero-order valence-electron chi connectivity index (χ0n) is 9.61. The van der Waals surface area contributed by atoms with Gasteiger partial charge >= 0.3 is 6.03 Å². The van der Waals surface area contributed by atoms with Crippen LogP contribution in [0.4, 0.5) is 4.79 Å². The van der Waals surface area contributed by atoms with Gasteiger partial charge in [0, 0.05) is 18.1 Å². The van der Waals surface area contributed by atoms with Gasteiger partial charge in [0.15, 0.2) is 0 Å². The van der Waals surface area contributed by atoms with Crippen molar-refractivity contribution < 1.29 is 9.90 Å². The minimum atomic E-state index is -0.525. The number of amides is 2. The lowest BCUT2D eigenvalue weighted by Gasteiger charge is -2.36. The van der Waals surface area contributed by atoms with Crippen molar-refractivity contribution in [2.75, 3.05) is 6.54 Å². The Morgan fingerprint density at radius 3 is 2.94 bits per heavy atom. The van der Waals surface area contributed by atoms with Crippen LogP contribution in [0.3, 0.4) is 0 Å². The molecule has 0 aromatic carbocycles. The van der Waals surface area contributed by atoms with Crippen LogP contribution in [0.1, 0.15) is 30.7 Å². The summed E-state index contributed by atoms with van der Waals surface area (Å²) in [5.74, 6) is 0. The lowest BCUT2D eigenvalue weighted by Crippen LogP contribution is -2.42. The van der Waals surface area contributed by atoms with E-state index in [-0.39, 0.29) is 6.03 Å². The van der Waals surface area contributed by atoms with Crippen LogP contribution in [0, 0.1) is 0 Å². The smallest absolute Gasteiger partial charge is 0.315 e. The van der Waals surface area contributed by atoms with Gasteiger partial charge in [-0.2, -0.15) is 0 Å². The van der Waals surface area contributed by atoms with Crippen LogP contribution in [0.2, 0.25) is 0 Å². The van der Waals surface area contributed by atoms with Crippen molar-refractivity contribution >= 4 is 17.4 Å². The van der Waals surface area contributed by atoms with E-state index in [4.69, 9.17) is 0 Å². The molecule has 1 aliphatic carbocycles. The van der Waals surface area contributed by atoms with E-state index in [0.717, 1.165) is 24.3 Å². The van der Waals surface area contributed by atoms with Crippen molar-refractivity contribution in [2.24, 2.45) is 0 Å². The van der Waals surface area contributed by atoms with E-state index in [1.165, 1.54) is 11.3 Å². The minimum Gasteiger partial charge on any atom is -0.390 e. The van der Waals surface area contributed by atoms with Crippen molar-refractivity contribution in [2.45, 2.75) is 37.8 Å². The number of nitrogens with zero attached hydrogens (tertiary/aromatic N) is 1. The van der Waals surface area contributed by atoms with Gasteiger partial charge in [0.2, 0.25) is 0 Å². The van der Waals surface area contributed by atoms with E-state index in [1.54, 1.807) is 6.20 Å². The van der Waals surface area contributed by atoms with Gasteiger partial charge in [-0.3, -0.25) is 0 Å². The van der Waals surface area contributed by atoms with E-state index < -0.39 is 5.60 Å². The van der Waals surface area contributed by atoms with E-state index in [2.05, 4.69) is 15.6 Å². The molecule has 1 saturated carbocycles. The first-order valence-corrected chi connectivity index (χ1v) is 6.68. The highest BCUT2D eigenvalue weighted by Crippen LogP contribution is 2.33. The number of aliphatic hydroxyl groups is 1. The summed E-state index contributed by atoms with van der Waals surface area (Å²) < 4.78 is 0. The zero-order chi connectivity index (χ0) is 12.1. The van der Waals surface area contributed by atoms with Gasteiger partial charge in [-0.25, -0.2) is 9.78 Å². The van der Waals surface area contributed by atoms with Crippen LogP contribution in [0.5, 0.6) is 0 Å². The molecule has 2 rings (SSSR count). The largest absolute Gasteiger partial charge is 0.390 e. The Hall–Kier alpha value is -1.14. The fraction of sp³-hybridized carbons (Fsp3) is 0.636. The lowest BCUT2D eigenvalue weighted by atomic mass is 9.78. The highest BCUT2D eigenvalue weighted by molar-refractivity contribution is 7.09. The Labute approximate surface area is 104 Å². The molecule has 0 bridgehead atoms. The predicted molar refractivity (Wildman–Crippen MR) is 65.8 cm³/mol. The number of carbonyl (C=O) groups excluding carboxylic acids is 1. The van der Waals surface area contributed by atoms with Gasteiger partial charge in [0.25, 0.3) is 0 Å². The van der Waals surface area contributed by atoms with Crippen molar-refractivity contribution in [1.82, 2.24) is 15.6 Å². The second-order valence-electron chi connectivity index (χ2n) is 4.36. The summed E-state index contributed by atoms with van der Waals surface area (Å²) >= 11 is 1.51. The Morgan fingerprint density at radius 2 is 2.35 bits per heavy atom. The minimum absolute atomic E-state index is 0.205. The maximum absolute atomic E-state index is 11.4. The molecule has 0 unspecified atom stereocenters. The predicted octanol–water partition coefficient (Wildman–Crippen LogP) is 1.25. The Kier molecular flexibility index (Phi) is 3.96. The number of thiazole rings is 1. The number of aromatic nitrogens is 1. The molecule has 1 heterocycles. The number of carbonyl (C=O) groups is 1. The van der Waals surface area contributed by atoms with Crippen LogP contribution in [-0.4, -0.2) is 28.3 Å². The highest BCUT2D eigenvalue weighted by Gasteiger charge is 2.33. The lowest BCUT2D eigenvalue weighted by molar-refractivity contribution is -0.0389. The molecule has 0 radical (unpaired) electrons. The molecule has 1 aromatic rings. The first-order valence-electron chi connectivity index (χ1n) is 5.80. The molecule has 2 amide bonds. The van der Waals surface area contributed by atoms with E-state index in [1.807, 2.05) is 5.38 Å². The second kappa shape index (κ2) is 5.46. The quantitative estimate of drug-likeness (QED) is 0.741. The average molecular weight is 255 g/mol. The van der Waals surface area contributed by atoms with E-state index >= 15 is 0 Å². The molecule has 0 saturated heterocycles.